The van der Waals surface area contributed by atoms with Crippen molar-refractivity contribution < 1.29 is 28.6 Å². The number of imide groups is 2. The van der Waals surface area contributed by atoms with Crippen LogP contribution in [0.5, 0.6) is 17.2 Å². The van der Waals surface area contributed by atoms with Gasteiger partial charge in [0.05, 0.1) is 19.4 Å². The van der Waals surface area contributed by atoms with Crippen molar-refractivity contribution in [2.24, 2.45) is 0 Å². The molecule has 1 heterocycles. The van der Waals surface area contributed by atoms with Crippen LogP contribution in [0.1, 0.15) is 24.5 Å². The first-order valence-corrected chi connectivity index (χ1v) is 12.0. The molecule has 3 aromatic rings. The third kappa shape index (κ3) is 6.10. The average Bonchev–Trinajstić information content (AvgIpc) is 2.90. The van der Waals surface area contributed by atoms with E-state index in [-0.39, 0.29) is 5.57 Å². The maximum absolute atomic E-state index is 13.2. The lowest BCUT2D eigenvalue weighted by Gasteiger charge is -2.26. The van der Waals surface area contributed by atoms with Crippen LogP contribution in [0.15, 0.2) is 72.3 Å². The molecular weight excluding hydrogens is 496 g/mol. The maximum Gasteiger partial charge on any atom is 0.335 e. The van der Waals surface area contributed by atoms with Gasteiger partial charge in [-0.2, -0.15) is 0 Å². The lowest BCUT2D eigenvalue weighted by molar-refractivity contribution is -0.122. The topological polar surface area (TPSA) is 94.2 Å². The summed E-state index contributed by atoms with van der Waals surface area (Å²) in [7, 11) is 1.51. The number of nitrogens with zero attached hydrogens (tertiary/aromatic N) is 1. The number of urea groups is 1. The number of halogens is 1. The molecule has 0 atom stereocenters. The Morgan fingerprint density at radius 2 is 1.65 bits per heavy atom. The van der Waals surface area contributed by atoms with Crippen molar-refractivity contribution in [3.05, 3.63) is 88.5 Å². The van der Waals surface area contributed by atoms with Gasteiger partial charge in [0.15, 0.2) is 11.5 Å². The van der Waals surface area contributed by atoms with E-state index in [1.165, 1.54) is 13.2 Å². The van der Waals surface area contributed by atoms with E-state index >= 15 is 0 Å². The summed E-state index contributed by atoms with van der Waals surface area (Å²) in [5.74, 6) is 0.0517. The van der Waals surface area contributed by atoms with Gasteiger partial charge in [0.25, 0.3) is 11.8 Å². The predicted molar refractivity (Wildman–Crippen MR) is 140 cm³/mol. The summed E-state index contributed by atoms with van der Waals surface area (Å²) in [6, 6.07) is 18.0. The molecular formula is C28H25ClN2O6. The molecule has 1 aliphatic heterocycles. The summed E-state index contributed by atoms with van der Waals surface area (Å²) in [5, 5.41) is 2.86. The van der Waals surface area contributed by atoms with Crippen LogP contribution >= 0.6 is 11.6 Å². The van der Waals surface area contributed by atoms with Gasteiger partial charge in [-0.1, -0.05) is 36.7 Å². The second-order valence-corrected chi connectivity index (χ2v) is 8.56. The van der Waals surface area contributed by atoms with Crippen molar-refractivity contribution in [1.82, 2.24) is 5.32 Å². The molecule has 0 bridgehead atoms. The smallest absolute Gasteiger partial charge is 0.335 e. The summed E-state index contributed by atoms with van der Waals surface area (Å²) in [5.41, 5.74) is 1.58. The van der Waals surface area contributed by atoms with E-state index in [0.29, 0.717) is 46.7 Å². The first-order valence-electron chi connectivity index (χ1n) is 11.6. The number of benzene rings is 3. The summed E-state index contributed by atoms with van der Waals surface area (Å²) in [6.45, 7) is 2.85. The highest BCUT2D eigenvalue weighted by Crippen LogP contribution is 2.30. The molecule has 0 saturated carbocycles. The molecule has 0 aliphatic carbocycles. The Hall–Kier alpha value is -4.30. The molecule has 0 spiro atoms. The molecule has 1 N–H and O–H groups in total. The fourth-order valence-corrected chi connectivity index (χ4v) is 3.73. The zero-order valence-electron chi connectivity index (χ0n) is 20.3. The number of rotatable bonds is 9. The Bertz CT molecular complexity index is 1340. The molecule has 1 saturated heterocycles. The van der Waals surface area contributed by atoms with Gasteiger partial charge in [0.1, 0.15) is 17.9 Å². The minimum absolute atomic E-state index is 0.188. The van der Waals surface area contributed by atoms with Gasteiger partial charge in [-0.15, -0.1) is 0 Å². The minimum atomic E-state index is -0.831. The van der Waals surface area contributed by atoms with Crippen LogP contribution in [0.3, 0.4) is 0 Å². The summed E-state index contributed by atoms with van der Waals surface area (Å²) < 4.78 is 16.8. The number of barbiturate groups is 1. The van der Waals surface area contributed by atoms with Crippen LogP contribution in [0.25, 0.3) is 6.08 Å². The standard InChI is InChI=1S/C28H25ClN2O6/c1-3-14-36-24-13-6-19(16-25(24)35-2)15-23-26(32)30-28(34)31(27(23)33)21-9-11-22(12-10-21)37-17-18-4-7-20(29)8-5-18/h4-13,15-16H,3,14,17H2,1-2H3,(H,30,32,34)/b23-15+. The van der Waals surface area contributed by atoms with Gasteiger partial charge in [-0.05, 0) is 72.2 Å². The first kappa shape index (κ1) is 25.8. The van der Waals surface area contributed by atoms with Gasteiger partial charge in [-0.25, -0.2) is 9.69 Å². The van der Waals surface area contributed by atoms with Crippen LogP contribution in [-0.2, 0) is 16.2 Å². The number of amides is 4. The number of nitrogens with one attached hydrogen (secondary N) is 1. The zero-order valence-corrected chi connectivity index (χ0v) is 21.1. The highest BCUT2D eigenvalue weighted by Gasteiger charge is 2.36. The SMILES string of the molecule is CCCOc1ccc(/C=C2\C(=O)NC(=O)N(c3ccc(OCc4ccc(Cl)cc4)cc3)C2=O)cc1OC. The average molecular weight is 521 g/mol. The lowest BCUT2D eigenvalue weighted by Crippen LogP contribution is -2.54. The Labute approximate surface area is 219 Å². The van der Waals surface area contributed by atoms with Crippen LogP contribution in [0.4, 0.5) is 10.5 Å². The molecule has 9 heteroatoms. The monoisotopic (exact) mass is 520 g/mol. The second kappa shape index (κ2) is 11.6. The fourth-order valence-electron chi connectivity index (χ4n) is 3.60. The van der Waals surface area contributed by atoms with Crippen LogP contribution in [0, 0.1) is 0 Å². The van der Waals surface area contributed by atoms with Gasteiger partial charge < -0.3 is 14.2 Å². The number of methoxy groups -OCH3 is 1. The van der Waals surface area contributed by atoms with E-state index in [1.807, 2.05) is 19.1 Å². The van der Waals surface area contributed by atoms with E-state index < -0.39 is 17.8 Å². The maximum atomic E-state index is 13.2. The number of carbonyl (C=O) groups excluding carboxylic acids is 3. The van der Waals surface area contributed by atoms with E-state index in [2.05, 4.69) is 5.32 Å². The van der Waals surface area contributed by atoms with Gasteiger partial charge >= 0.3 is 6.03 Å². The highest BCUT2D eigenvalue weighted by atomic mass is 35.5. The molecule has 4 amide bonds. The molecule has 1 aliphatic rings. The largest absolute Gasteiger partial charge is 0.493 e. The van der Waals surface area contributed by atoms with Crippen molar-refractivity contribution >= 4 is 41.2 Å². The predicted octanol–water partition coefficient (Wildman–Crippen LogP) is 5.38. The number of hydrogen-bond donors (Lipinski definition) is 1. The summed E-state index contributed by atoms with van der Waals surface area (Å²) in [4.78, 5) is 39.2. The van der Waals surface area contributed by atoms with Crippen molar-refractivity contribution in [2.45, 2.75) is 20.0 Å². The van der Waals surface area contributed by atoms with Crippen LogP contribution in [0.2, 0.25) is 5.02 Å². The zero-order chi connectivity index (χ0) is 26.4. The lowest BCUT2D eigenvalue weighted by atomic mass is 10.1. The van der Waals surface area contributed by atoms with Gasteiger partial charge in [0, 0.05) is 5.02 Å². The molecule has 37 heavy (non-hydrogen) atoms. The molecule has 0 radical (unpaired) electrons. The third-order valence-corrected chi connectivity index (χ3v) is 5.73. The van der Waals surface area contributed by atoms with Crippen molar-refractivity contribution in [2.75, 3.05) is 18.6 Å². The molecule has 0 unspecified atom stereocenters. The van der Waals surface area contributed by atoms with Crippen LogP contribution in [-0.4, -0.2) is 31.6 Å². The van der Waals surface area contributed by atoms with Gasteiger partial charge in [0.2, 0.25) is 0 Å². The Kier molecular flexibility index (Phi) is 8.10. The van der Waals surface area contributed by atoms with E-state index in [1.54, 1.807) is 54.6 Å². The number of ether oxygens (including phenoxy) is 3. The van der Waals surface area contributed by atoms with Crippen molar-refractivity contribution in [3.8, 4) is 17.2 Å². The molecule has 190 valence electrons. The molecule has 3 aromatic carbocycles. The van der Waals surface area contributed by atoms with E-state index in [9.17, 15) is 14.4 Å². The van der Waals surface area contributed by atoms with E-state index in [0.717, 1.165) is 16.9 Å². The molecule has 8 nitrogen and oxygen atoms in total. The number of carbonyl (C=O) groups is 3. The number of hydrogen-bond acceptors (Lipinski definition) is 6. The highest BCUT2D eigenvalue weighted by molar-refractivity contribution is 6.39. The fraction of sp³-hybridized carbons (Fsp3) is 0.179. The van der Waals surface area contributed by atoms with Crippen molar-refractivity contribution in [1.29, 1.82) is 0 Å². The third-order valence-electron chi connectivity index (χ3n) is 5.48. The molecule has 4 rings (SSSR count). The number of anilines is 1. The normalized spacial score (nSPS) is 14.5. The quantitative estimate of drug-likeness (QED) is 0.300. The second-order valence-electron chi connectivity index (χ2n) is 8.13. The van der Waals surface area contributed by atoms with E-state index in [4.69, 9.17) is 25.8 Å². The Morgan fingerprint density at radius 1 is 0.919 bits per heavy atom. The van der Waals surface area contributed by atoms with Gasteiger partial charge in [-0.3, -0.25) is 14.9 Å². The Balaban J connectivity index is 1.52. The summed E-state index contributed by atoms with van der Waals surface area (Å²) in [6.07, 6.45) is 2.25. The first-order chi connectivity index (χ1) is 17.9. The minimum Gasteiger partial charge on any atom is -0.493 e. The summed E-state index contributed by atoms with van der Waals surface area (Å²) >= 11 is 5.90. The molecule has 1 fully saturated rings. The van der Waals surface area contributed by atoms with Crippen molar-refractivity contribution in [3.63, 3.8) is 0 Å². The Morgan fingerprint density at radius 3 is 2.32 bits per heavy atom. The molecule has 0 aromatic heterocycles. The van der Waals surface area contributed by atoms with Crippen LogP contribution < -0.4 is 24.4 Å².